The predicted octanol–water partition coefficient (Wildman–Crippen LogP) is 8.15. The Labute approximate surface area is 182 Å². The fourth-order valence-corrected chi connectivity index (χ4v) is 6.00. The second-order valence-electron chi connectivity index (χ2n) is 10.0. The quantitative estimate of drug-likeness (QED) is 0.277. The molecule has 3 heteroatoms. The van der Waals surface area contributed by atoms with Crippen molar-refractivity contribution >= 4 is 6.29 Å². The summed E-state index contributed by atoms with van der Waals surface area (Å²) in [7, 11) is 0. The Morgan fingerprint density at radius 3 is 1.73 bits per heavy atom. The summed E-state index contributed by atoms with van der Waals surface area (Å²) in [6.45, 7) is 2.31. The van der Waals surface area contributed by atoms with Crippen molar-refractivity contribution in [1.82, 2.24) is 0 Å². The highest BCUT2D eigenvalue weighted by atomic mass is 19.1. The van der Waals surface area contributed by atoms with Crippen LogP contribution in [-0.2, 0) is 11.2 Å². The number of aldehydes is 1. The molecule has 0 spiro atoms. The molecule has 1 nitrogen and oxygen atoms in total. The van der Waals surface area contributed by atoms with Crippen LogP contribution < -0.4 is 0 Å². The number of carbonyl (C=O) groups excluding carboxylic acids is 1. The standard InChI is InChI=1S/C27H40F2O/c1-2-5-20-8-10-21(11-9-20)6-3-4-7-22-12-14-23(15-13-22)24-18-26(28)25(16-17-30)27(29)19-24/h17-23H,2-16H2,1H3/t20-,21-,22?,23?. The molecule has 1 aromatic rings. The average Bonchev–Trinajstić information content (AvgIpc) is 2.75. The molecule has 30 heavy (non-hydrogen) atoms. The lowest BCUT2D eigenvalue weighted by molar-refractivity contribution is -0.107. The lowest BCUT2D eigenvalue weighted by atomic mass is 9.76. The smallest absolute Gasteiger partial charge is 0.130 e. The molecule has 2 aliphatic carbocycles. The first-order valence-corrected chi connectivity index (χ1v) is 12.5. The first-order chi connectivity index (χ1) is 14.6. The summed E-state index contributed by atoms with van der Waals surface area (Å²) in [6, 6.07) is 2.92. The number of carbonyl (C=O) groups is 1. The molecular formula is C27H40F2O. The van der Waals surface area contributed by atoms with E-state index in [-0.39, 0.29) is 17.9 Å². The molecule has 0 saturated heterocycles. The average molecular weight is 419 g/mol. The van der Waals surface area contributed by atoms with E-state index in [1.165, 1.54) is 89.2 Å². The third-order valence-electron chi connectivity index (χ3n) is 7.91. The summed E-state index contributed by atoms with van der Waals surface area (Å²) >= 11 is 0. The maximum absolute atomic E-state index is 14.1. The van der Waals surface area contributed by atoms with Crippen LogP contribution in [0.1, 0.15) is 114 Å². The molecule has 0 heterocycles. The van der Waals surface area contributed by atoms with Crippen molar-refractivity contribution in [3.8, 4) is 0 Å². The number of hydrogen-bond acceptors (Lipinski definition) is 1. The Morgan fingerprint density at radius 1 is 0.800 bits per heavy atom. The van der Waals surface area contributed by atoms with Crippen molar-refractivity contribution in [2.75, 3.05) is 0 Å². The molecule has 0 atom stereocenters. The van der Waals surface area contributed by atoms with E-state index in [2.05, 4.69) is 6.92 Å². The molecule has 2 saturated carbocycles. The summed E-state index contributed by atoms with van der Waals surface area (Å²) in [5.41, 5.74) is 0.679. The Bertz CT molecular complexity index is 632. The van der Waals surface area contributed by atoms with Gasteiger partial charge in [-0.15, -0.1) is 0 Å². The number of unbranched alkanes of at least 4 members (excludes halogenated alkanes) is 1. The van der Waals surface area contributed by atoms with Gasteiger partial charge in [-0.3, -0.25) is 0 Å². The minimum Gasteiger partial charge on any atom is -0.303 e. The molecule has 2 aliphatic rings. The maximum Gasteiger partial charge on any atom is 0.130 e. The van der Waals surface area contributed by atoms with Crippen molar-refractivity contribution in [3.63, 3.8) is 0 Å². The molecule has 0 unspecified atom stereocenters. The summed E-state index contributed by atoms with van der Waals surface area (Å²) in [5, 5.41) is 0. The lowest BCUT2D eigenvalue weighted by Gasteiger charge is -2.30. The van der Waals surface area contributed by atoms with E-state index in [9.17, 15) is 13.6 Å². The van der Waals surface area contributed by atoms with Crippen LogP contribution in [0, 0.1) is 29.4 Å². The van der Waals surface area contributed by atoms with Gasteiger partial charge in [-0.05, 0) is 67.1 Å². The summed E-state index contributed by atoms with van der Waals surface area (Å²) < 4.78 is 28.3. The Hall–Kier alpha value is -1.25. The van der Waals surface area contributed by atoms with Crippen LogP contribution in [0.4, 0.5) is 8.78 Å². The zero-order valence-electron chi connectivity index (χ0n) is 18.8. The highest BCUT2D eigenvalue weighted by Crippen LogP contribution is 2.39. The second-order valence-corrected chi connectivity index (χ2v) is 10.0. The van der Waals surface area contributed by atoms with E-state index in [0.29, 0.717) is 6.29 Å². The molecule has 168 valence electrons. The Balaban J connectivity index is 1.34. The van der Waals surface area contributed by atoms with Crippen LogP contribution in [0.15, 0.2) is 12.1 Å². The number of hydrogen-bond donors (Lipinski definition) is 0. The molecule has 0 aliphatic heterocycles. The molecule has 3 rings (SSSR count). The number of rotatable bonds is 10. The van der Waals surface area contributed by atoms with Gasteiger partial charge < -0.3 is 4.79 Å². The SMILES string of the molecule is CCC[C@H]1CC[C@H](CCCCC2CCC(c3cc(F)c(CC=O)c(F)c3)CC2)CC1. The van der Waals surface area contributed by atoms with Crippen molar-refractivity contribution in [2.45, 2.75) is 109 Å². The molecule has 0 bridgehead atoms. The highest BCUT2D eigenvalue weighted by Gasteiger charge is 2.24. The minimum atomic E-state index is -0.567. The largest absolute Gasteiger partial charge is 0.303 e. The fraction of sp³-hybridized carbons (Fsp3) is 0.741. The van der Waals surface area contributed by atoms with E-state index >= 15 is 0 Å². The summed E-state index contributed by atoms with van der Waals surface area (Å²) in [4.78, 5) is 10.6. The van der Waals surface area contributed by atoms with Crippen molar-refractivity contribution in [1.29, 1.82) is 0 Å². The van der Waals surface area contributed by atoms with Gasteiger partial charge in [-0.2, -0.15) is 0 Å². The Kier molecular flexibility index (Phi) is 9.33. The van der Waals surface area contributed by atoms with Gasteiger partial charge in [-0.1, -0.05) is 71.1 Å². The molecule has 0 N–H and O–H groups in total. The Morgan fingerprint density at radius 2 is 1.27 bits per heavy atom. The van der Waals surface area contributed by atoms with Gasteiger partial charge in [0.2, 0.25) is 0 Å². The van der Waals surface area contributed by atoms with Gasteiger partial charge in [0.25, 0.3) is 0 Å². The van der Waals surface area contributed by atoms with Gasteiger partial charge in [0.1, 0.15) is 17.9 Å². The summed E-state index contributed by atoms with van der Waals surface area (Å²) in [5.74, 6) is 1.88. The van der Waals surface area contributed by atoms with Crippen molar-refractivity contribution in [2.24, 2.45) is 17.8 Å². The fourth-order valence-electron chi connectivity index (χ4n) is 6.00. The molecule has 0 amide bonds. The molecule has 0 radical (unpaired) electrons. The third kappa shape index (κ3) is 6.62. The predicted molar refractivity (Wildman–Crippen MR) is 120 cm³/mol. The second kappa shape index (κ2) is 12.0. The van der Waals surface area contributed by atoms with Crippen LogP contribution in [0.5, 0.6) is 0 Å². The van der Waals surface area contributed by atoms with E-state index in [0.717, 1.165) is 36.2 Å². The van der Waals surface area contributed by atoms with Crippen molar-refractivity contribution < 1.29 is 13.6 Å². The molecule has 0 aromatic heterocycles. The van der Waals surface area contributed by atoms with Crippen LogP contribution in [0.3, 0.4) is 0 Å². The van der Waals surface area contributed by atoms with Crippen LogP contribution in [0.2, 0.25) is 0 Å². The van der Waals surface area contributed by atoms with Gasteiger partial charge in [-0.25, -0.2) is 8.78 Å². The van der Waals surface area contributed by atoms with E-state index < -0.39 is 11.6 Å². The van der Waals surface area contributed by atoms with Gasteiger partial charge >= 0.3 is 0 Å². The van der Waals surface area contributed by atoms with E-state index in [4.69, 9.17) is 0 Å². The van der Waals surface area contributed by atoms with Crippen LogP contribution >= 0.6 is 0 Å². The molecule has 2 fully saturated rings. The first kappa shape index (κ1) is 23.4. The zero-order valence-corrected chi connectivity index (χ0v) is 18.8. The van der Waals surface area contributed by atoms with Crippen LogP contribution in [-0.4, -0.2) is 6.29 Å². The number of halogens is 2. The topological polar surface area (TPSA) is 17.1 Å². The monoisotopic (exact) mass is 418 g/mol. The lowest BCUT2D eigenvalue weighted by Crippen LogP contribution is -2.15. The molecular weight excluding hydrogens is 378 g/mol. The van der Waals surface area contributed by atoms with Gasteiger partial charge in [0, 0.05) is 12.0 Å². The third-order valence-corrected chi connectivity index (χ3v) is 7.91. The molecule has 1 aromatic carbocycles. The summed E-state index contributed by atoms with van der Waals surface area (Å²) in [6.07, 6.45) is 18.8. The van der Waals surface area contributed by atoms with Gasteiger partial charge in [0.05, 0.1) is 0 Å². The van der Waals surface area contributed by atoms with Crippen LogP contribution in [0.25, 0.3) is 0 Å². The normalized spacial score (nSPS) is 27.2. The van der Waals surface area contributed by atoms with Crippen molar-refractivity contribution in [3.05, 3.63) is 34.9 Å². The first-order valence-electron chi connectivity index (χ1n) is 12.5. The minimum absolute atomic E-state index is 0.0960. The van der Waals surface area contributed by atoms with Gasteiger partial charge in [0.15, 0.2) is 0 Å². The highest BCUT2D eigenvalue weighted by molar-refractivity contribution is 5.55. The zero-order chi connectivity index (χ0) is 21.3. The van der Waals surface area contributed by atoms with E-state index in [1.807, 2.05) is 0 Å². The maximum atomic E-state index is 14.1. The number of benzene rings is 1. The van der Waals surface area contributed by atoms with E-state index in [1.54, 1.807) is 0 Å².